The van der Waals surface area contributed by atoms with Crippen molar-refractivity contribution in [2.45, 2.75) is 0 Å². The molecule has 1 aromatic heterocycles. The smallest absolute Gasteiger partial charge is 0.250 e. The van der Waals surface area contributed by atoms with Crippen molar-refractivity contribution in [2.24, 2.45) is 5.10 Å². The Hall–Kier alpha value is -3.18. The van der Waals surface area contributed by atoms with Crippen molar-refractivity contribution in [1.82, 2.24) is 15.0 Å². The number of phenolic OH excluding ortho intramolecular Hbond substituents is 2. The molecular weight excluding hydrogens is 378 g/mol. The van der Waals surface area contributed by atoms with Crippen LogP contribution in [-0.2, 0) is 9.47 Å². The third-order valence-corrected chi connectivity index (χ3v) is 4.58. The molecule has 0 amide bonds. The first-order chi connectivity index (χ1) is 14.2. The van der Waals surface area contributed by atoms with Crippen LogP contribution in [0.4, 0.5) is 17.8 Å². The molecule has 2 saturated heterocycles. The number of hydrazone groups is 1. The number of hydrogen-bond donors (Lipinski definition) is 3. The maximum absolute atomic E-state index is 9.58. The van der Waals surface area contributed by atoms with Crippen molar-refractivity contribution in [3.8, 4) is 11.5 Å². The van der Waals surface area contributed by atoms with Crippen molar-refractivity contribution < 1.29 is 19.7 Å². The van der Waals surface area contributed by atoms with E-state index in [4.69, 9.17) is 9.47 Å². The molecule has 29 heavy (non-hydrogen) atoms. The summed E-state index contributed by atoms with van der Waals surface area (Å²) in [6, 6.07) is 4.44. The van der Waals surface area contributed by atoms with Gasteiger partial charge in [-0.1, -0.05) is 0 Å². The molecule has 11 nitrogen and oxygen atoms in total. The van der Waals surface area contributed by atoms with Crippen LogP contribution < -0.4 is 15.2 Å². The summed E-state index contributed by atoms with van der Waals surface area (Å²) >= 11 is 0. The van der Waals surface area contributed by atoms with Crippen LogP contribution in [0, 0.1) is 0 Å². The average molecular weight is 401 g/mol. The predicted molar refractivity (Wildman–Crippen MR) is 107 cm³/mol. The highest BCUT2D eigenvalue weighted by atomic mass is 16.5. The summed E-state index contributed by atoms with van der Waals surface area (Å²) in [5.41, 5.74) is 3.45. The quantitative estimate of drug-likeness (QED) is 0.368. The minimum atomic E-state index is -0.210. The summed E-state index contributed by atoms with van der Waals surface area (Å²) in [4.78, 5) is 17.7. The summed E-state index contributed by atoms with van der Waals surface area (Å²) in [7, 11) is 0. The second-order valence-electron chi connectivity index (χ2n) is 6.58. The molecule has 3 heterocycles. The number of aromatic hydroxyl groups is 2. The van der Waals surface area contributed by atoms with E-state index in [2.05, 4.69) is 35.3 Å². The van der Waals surface area contributed by atoms with Crippen LogP contribution in [-0.4, -0.2) is 84.0 Å². The molecule has 2 aromatic rings. The first-order valence-corrected chi connectivity index (χ1v) is 9.41. The molecule has 0 saturated carbocycles. The molecule has 2 fully saturated rings. The van der Waals surface area contributed by atoms with Crippen molar-refractivity contribution in [3.63, 3.8) is 0 Å². The van der Waals surface area contributed by atoms with Crippen molar-refractivity contribution in [3.05, 3.63) is 23.8 Å². The highest BCUT2D eigenvalue weighted by Gasteiger charge is 2.20. The number of anilines is 3. The van der Waals surface area contributed by atoms with Crippen LogP contribution in [0.1, 0.15) is 5.56 Å². The van der Waals surface area contributed by atoms with Crippen LogP contribution in [0.3, 0.4) is 0 Å². The first-order valence-electron chi connectivity index (χ1n) is 9.41. The van der Waals surface area contributed by atoms with Crippen LogP contribution in [0.25, 0.3) is 0 Å². The van der Waals surface area contributed by atoms with E-state index in [1.807, 2.05) is 0 Å². The Morgan fingerprint density at radius 2 is 1.45 bits per heavy atom. The molecule has 2 aliphatic heterocycles. The van der Waals surface area contributed by atoms with Gasteiger partial charge in [-0.25, -0.2) is 5.43 Å². The van der Waals surface area contributed by atoms with Crippen molar-refractivity contribution >= 4 is 24.1 Å². The second-order valence-corrected chi connectivity index (χ2v) is 6.58. The van der Waals surface area contributed by atoms with Gasteiger partial charge in [0.1, 0.15) is 0 Å². The van der Waals surface area contributed by atoms with Crippen LogP contribution in [0.15, 0.2) is 23.3 Å². The van der Waals surface area contributed by atoms with Crippen LogP contribution >= 0.6 is 0 Å². The lowest BCUT2D eigenvalue weighted by atomic mass is 10.2. The zero-order valence-corrected chi connectivity index (χ0v) is 15.9. The van der Waals surface area contributed by atoms with E-state index in [9.17, 15) is 10.2 Å². The molecule has 0 atom stereocenters. The van der Waals surface area contributed by atoms with E-state index in [1.165, 1.54) is 18.3 Å². The summed E-state index contributed by atoms with van der Waals surface area (Å²) in [6.07, 6.45) is 1.51. The molecule has 0 unspecified atom stereocenters. The number of benzene rings is 1. The number of nitrogens with one attached hydrogen (secondary N) is 1. The van der Waals surface area contributed by atoms with Gasteiger partial charge in [0.15, 0.2) is 11.5 Å². The number of nitrogens with zero attached hydrogens (tertiary/aromatic N) is 6. The molecule has 0 bridgehead atoms. The van der Waals surface area contributed by atoms with E-state index in [1.54, 1.807) is 6.07 Å². The van der Waals surface area contributed by atoms with Gasteiger partial charge in [-0.3, -0.25) is 0 Å². The first kappa shape index (κ1) is 19.2. The van der Waals surface area contributed by atoms with Gasteiger partial charge in [0, 0.05) is 26.2 Å². The molecule has 4 rings (SSSR count). The average Bonchev–Trinajstić information content (AvgIpc) is 2.77. The molecule has 154 valence electrons. The number of ether oxygens (including phenoxy) is 2. The van der Waals surface area contributed by atoms with Crippen LogP contribution in [0.5, 0.6) is 11.5 Å². The zero-order valence-electron chi connectivity index (χ0n) is 15.9. The Morgan fingerprint density at radius 1 is 0.862 bits per heavy atom. The fraction of sp³-hybridized carbons (Fsp3) is 0.444. The van der Waals surface area contributed by atoms with E-state index >= 15 is 0 Å². The minimum Gasteiger partial charge on any atom is -0.504 e. The summed E-state index contributed by atoms with van der Waals surface area (Å²) < 4.78 is 10.8. The summed E-state index contributed by atoms with van der Waals surface area (Å²) in [5, 5.41) is 23.1. The zero-order chi connectivity index (χ0) is 20.1. The fourth-order valence-corrected chi connectivity index (χ4v) is 3.00. The topological polar surface area (TPSA) is 128 Å². The normalized spacial score (nSPS) is 17.7. The maximum Gasteiger partial charge on any atom is 0.250 e. The van der Waals surface area contributed by atoms with Gasteiger partial charge in [0.05, 0.1) is 32.6 Å². The lowest BCUT2D eigenvalue weighted by Crippen LogP contribution is -2.40. The number of hydrogen-bond acceptors (Lipinski definition) is 11. The monoisotopic (exact) mass is 401 g/mol. The number of morpholine rings is 2. The van der Waals surface area contributed by atoms with Crippen LogP contribution in [0.2, 0.25) is 0 Å². The van der Waals surface area contributed by atoms with Gasteiger partial charge in [0.2, 0.25) is 17.8 Å². The third kappa shape index (κ3) is 4.81. The van der Waals surface area contributed by atoms with E-state index in [0.29, 0.717) is 76.0 Å². The molecule has 0 radical (unpaired) electrons. The van der Waals surface area contributed by atoms with Gasteiger partial charge in [-0.15, -0.1) is 0 Å². The molecule has 0 aliphatic carbocycles. The molecule has 1 aromatic carbocycles. The predicted octanol–water partition coefficient (Wildman–Crippen LogP) is 0.402. The summed E-state index contributed by atoms with van der Waals surface area (Å²) in [5.74, 6) is 1.08. The van der Waals surface area contributed by atoms with E-state index in [0.717, 1.165) is 0 Å². The lowest BCUT2D eigenvalue weighted by Gasteiger charge is -2.30. The summed E-state index contributed by atoms with van der Waals surface area (Å²) in [6.45, 7) is 5.36. The fourth-order valence-electron chi connectivity index (χ4n) is 3.00. The molecule has 3 N–H and O–H groups in total. The molecule has 0 spiro atoms. The highest BCUT2D eigenvalue weighted by molar-refractivity contribution is 5.81. The number of aromatic nitrogens is 3. The Labute approximate surface area is 167 Å². The van der Waals surface area contributed by atoms with Crippen molar-refractivity contribution in [1.29, 1.82) is 0 Å². The number of rotatable bonds is 5. The maximum atomic E-state index is 9.58. The largest absolute Gasteiger partial charge is 0.504 e. The van der Waals surface area contributed by atoms with E-state index in [-0.39, 0.29) is 11.5 Å². The lowest BCUT2D eigenvalue weighted by molar-refractivity contribution is 0.121. The van der Waals surface area contributed by atoms with Gasteiger partial charge < -0.3 is 29.5 Å². The SMILES string of the molecule is Oc1ccc(/C=N\Nc2nc(N3CCOCC3)nc(N3CCOCC3)n2)cc1O. The number of phenols is 2. The van der Waals surface area contributed by atoms with E-state index < -0.39 is 0 Å². The van der Waals surface area contributed by atoms with Crippen molar-refractivity contribution in [2.75, 3.05) is 67.8 Å². The highest BCUT2D eigenvalue weighted by Crippen LogP contribution is 2.24. The Bertz CT molecular complexity index is 831. The van der Waals surface area contributed by atoms with Gasteiger partial charge >= 0.3 is 0 Å². The Morgan fingerprint density at radius 3 is 2.00 bits per heavy atom. The van der Waals surface area contributed by atoms with Gasteiger partial charge in [0.25, 0.3) is 0 Å². The second kappa shape index (κ2) is 8.88. The van der Waals surface area contributed by atoms with Gasteiger partial charge in [-0.2, -0.15) is 20.1 Å². The molecule has 11 heteroatoms. The molecule has 2 aliphatic rings. The third-order valence-electron chi connectivity index (χ3n) is 4.58. The molecular formula is C18H23N7O4. The Balaban J connectivity index is 1.55. The standard InChI is InChI=1S/C18H23N7O4/c26-14-2-1-13(11-15(14)27)12-19-23-16-20-17(24-3-7-28-8-4-24)22-18(21-16)25-5-9-29-10-6-25/h1-2,11-12,26-27H,3-10H2,(H,20,21,22,23)/b19-12-. The minimum absolute atomic E-state index is 0.183. The Kier molecular flexibility index (Phi) is 5.86. The van der Waals surface area contributed by atoms with Gasteiger partial charge in [-0.05, 0) is 23.8 Å².